The van der Waals surface area contributed by atoms with E-state index < -0.39 is 17.9 Å². The molecule has 1 N–H and O–H groups in total. The fraction of sp³-hybridized carbons (Fsp3) is 0.850. The van der Waals surface area contributed by atoms with E-state index in [1.807, 2.05) is 0 Å². The highest BCUT2D eigenvalue weighted by Crippen LogP contribution is 2.37. The van der Waals surface area contributed by atoms with Crippen LogP contribution in [0.2, 0.25) is 0 Å². The van der Waals surface area contributed by atoms with Crippen molar-refractivity contribution in [3.63, 3.8) is 0 Å². The largest absolute Gasteiger partial charge is 0.348 e. The first-order valence-electron chi connectivity index (χ1n) is 10.7. The van der Waals surface area contributed by atoms with E-state index in [-0.39, 0.29) is 24.4 Å². The predicted molar refractivity (Wildman–Crippen MR) is 100 cm³/mol. The molecule has 1 saturated carbocycles. The van der Waals surface area contributed by atoms with Crippen molar-refractivity contribution in [2.24, 2.45) is 5.92 Å². The van der Waals surface area contributed by atoms with E-state index in [0.717, 1.165) is 43.4 Å². The molecule has 4 rings (SSSR count). The number of hydrogen-bond donors (Lipinski definition) is 1. The molecule has 3 aliphatic heterocycles. The molecule has 156 valence electrons. The predicted octanol–water partition coefficient (Wildman–Crippen LogP) is 1.63. The molecule has 4 fully saturated rings. The van der Waals surface area contributed by atoms with Gasteiger partial charge in [0.25, 0.3) is 5.91 Å². The molecule has 0 aromatic carbocycles. The van der Waals surface area contributed by atoms with Gasteiger partial charge >= 0.3 is 6.03 Å². The fourth-order valence-corrected chi connectivity index (χ4v) is 5.11. The van der Waals surface area contributed by atoms with E-state index >= 15 is 0 Å². The number of likely N-dealkylation sites (tertiary alicyclic amines) is 1. The third kappa shape index (κ3) is 3.52. The topological polar surface area (TPSA) is 88.2 Å². The summed E-state index contributed by atoms with van der Waals surface area (Å²) in [6, 6.07) is -0.575. The van der Waals surface area contributed by atoms with Crippen molar-refractivity contribution in [1.82, 2.24) is 15.1 Å². The number of ether oxygens (including phenoxy) is 2. The van der Waals surface area contributed by atoms with E-state index in [1.165, 1.54) is 0 Å². The van der Waals surface area contributed by atoms with Crippen LogP contribution in [0.15, 0.2) is 0 Å². The van der Waals surface area contributed by atoms with Crippen LogP contribution in [-0.4, -0.2) is 71.8 Å². The number of imide groups is 1. The van der Waals surface area contributed by atoms with Gasteiger partial charge in [-0.15, -0.1) is 0 Å². The lowest BCUT2D eigenvalue weighted by Gasteiger charge is -2.38. The van der Waals surface area contributed by atoms with Crippen LogP contribution in [0.1, 0.15) is 58.3 Å². The summed E-state index contributed by atoms with van der Waals surface area (Å²) in [6.45, 7) is 3.65. The van der Waals surface area contributed by atoms with Gasteiger partial charge in [-0.2, -0.15) is 0 Å². The second-order valence-electron chi connectivity index (χ2n) is 8.52. The number of nitrogens with zero attached hydrogens (tertiary/aromatic N) is 2. The zero-order valence-corrected chi connectivity index (χ0v) is 16.7. The Kier molecular flexibility index (Phi) is 5.60. The number of rotatable bonds is 4. The van der Waals surface area contributed by atoms with Crippen LogP contribution in [0, 0.1) is 5.92 Å². The molecule has 0 radical (unpaired) electrons. The summed E-state index contributed by atoms with van der Waals surface area (Å²) in [5.41, 5.74) is -0.804. The lowest BCUT2D eigenvalue weighted by atomic mass is 9.75. The standard InChI is InChI=1S/C20H31N3O5/c1-2-14-6-8-20(9-7-14)18(25)23(19(26)21-20)13-16(24)22-10-4-3-5-15(22)17-27-11-12-28-17/h14-15,17H,2-13H2,1H3,(H,21,26). The summed E-state index contributed by atoms with van der Waals surface area (Å²) in [7, 11) is 0. The number of piperidine rings is 1. The van der Waals surface area contributed by atoms with Crippen LogP contribution >= 0.6 is 0 Å². The molecule has 1 aliphatic carbocycles. The number of carbonyl (C=O) groups excluding carboxylic acids is 3. The molecule has 8 nitrogen and oxygen atoms in total. The molecule has 28 heavy (non-hydrogen) atoms. The van der Waals surface area contributed by atoms with E-state index in [2.05, 4.69) is 12.2 Å². The van der Waals surface area contributed by atoms with Gasteiger partial charge in [0.2, 0.25) is 5.91 Å². The number of amides is 4. The van der Waals surface area contributed by atoms with Gasteiger partial charge in [0.05, 0.1) is 19.3 Å². The smallest absolute Gasteiger partial charge is 0.325 e. The van der Waals surface area contributed by atoms with E-state index in [1.54, 1.807) is 4.90 Å². The molecule has 3 saturated heterocycles. The maximum absolute atomic E-state index is 13.1. The summed E-state index contributed by atoms with van der Waals surface area (Å²) in [5, 5.41) is 2.91. The Morgan fingerprint density at radius 1 is 1.14 bits per heavy atom. The van der Waals surface area contributed by atoms with Crippen molar-refractivity contribution in [2.45, 2.75) is 76.2 Å². The second kappa shape index (κ2) is 7.99. The van der Waals surface area contributed by atoms with Gasteiger partial charge in [-0.05, 0) is 50.9 Å². The first-order chi connectivity index (χ1) is 13.5. The molecule has 0 aromatic heterocycles. The van der Waals surface area contributed by atoms with Crippen LogP contribution in [0.25, 0.3) is 0 Å². The number of hydrogen-bond acceptors (Lipinski definition) is 5. The van der Waals surface area contributed by atoms with Gasteiger partial charge in [0, 0.05) is 6.54 Å². The maximum Gasteiger partial charge on any atom is 0.325 e. The SMILES string of the molecule is CCC1CCC2(CC1)NC(=O)N(CC(=O)N1CCCCC1C1OCCO1)C2=O. The van der Waals surface area contributed by atoms with E-state index in [0.29, 0.717) is 38.5 Å². The lowest BCUT2D eigenvalue weighted by molar-refractivity contribution is -0.153. The van der Waals surface area contributed by atoms with Crippen molar-refractivity contribution in [2.75, 3.05) is 26.3 Å². The van der Waals surface area contributed by atoms with Gasteiger partial charge in [0.15, 0.2) is 6.29 Å². The van der Waals surface area contributed by atoms with Gasteiger partial charge in [-0.1, -0.05) is 13.3 Å². The van der Waals surface area contributed by atoms with Crippen molar-refractivity contribution in [3.8, 4) is 0 Å². The van der Waals surface area contributed by atoms with Crippen LogP contribution in [0.3, 0.4) is 0 Å². The summed E-state index contributed by atoms with van der Waals surface area (Å²) < 4.78 is 11.2. The quantitative estimate of drug-likeness (QED) is 0.734. The zero-order chi connectivity index (χ0) is 19.7. The summed E-state index contributed by atoms with van der Waals surface area (Å²) >= 11 is 0. The molecule has 1 atom stereocenters. The van der Waals surface area contributed by atoms with Gasteiger partial charge in [-0.3, -0.25) is 14.5 Å². The molecule has 0 aromatic rings. The fourth-order valence-electron chi connectivity index (χ4n) is 5.11. The van der Waals surface area contributed by atoms with Gasteiger partial charge in [0.1, 0.15) is 12.1 Å². The lowest BCUT2D eigenvalue weighted by Crippen LogP contribution is -2.54. The highest BCUT2D eigenvalue weighted by Gasteiger charge is 2.53. The first-order valence-corrected chi connectivity index (χ1v) is 10.7. The third-order valence-corrected chi connectivity index (χ3v) is 6.91. The normalized spacial score (nSPS) is 34.3. The minimum absolute atomic E-state index is 0.140. The Bertz CT molecular complexity index is 625. The highest BCUT2D eigenvalue weighted by atomic mass is 16.7. The average molecular weight is 393 g/mol. The van der Waals surface area contributed by atoms with Crippen molar-refractivity contribution in [1.29, 1.82) is 0 Å². The number of carbonyl (C=O) groups is 3. The summed E-state index contributed by atoms with van der Waals surface area (Å²) in [6.07, 6.45) is 6.65. The first kappa shape index (κ1) is 19.6. The maximum atomic E-state index is 13.1. The van der Waals surface area contributed by atoms with E-state index in [9.17, 15) is 14.4 Å². The van der Waals surface area contributed by atoms with Crippen LogP contribution in [0.4, 0.5) is 4.79 Å². The molecular weight excluding hydrogens is 362 g/mol. The minimum Gasteiger partial charge on any atom is -0.348 e. The van der Waals surface area contributed by atoms with Crippen molar-refractivity contribution >= 4 is 17.8 Å². The molecule has 4 amide bonds. The van der Waals surface area contributed by atoms with Crippen LogP contribution in [-0.2, 0) is 19.1 Å². The molecule has 1 spiro atoms. The summed E-state index contributed by atoms with van der Waals surface area (Å²) in [4.78, 5) is 41.5. The van der Waals surface area contributed by atoms with Crippen molar-refractivity contribution in [3.05, 3.63) is 0 Å². The molecule has 4 aliphatic rings. The Balaban J connectivity index is 1.42. The van der Waals surface area contributed by atoms with Crippen LogP contribution in [0.5, 0.6) is 0 Å². The van der Waals surface area contributed by atoms with Crippen LogP contribution < -0.4 is 5.32 Å². The molecule has 8 heteroatoms. The van der Waals surface area contributed by atoms with Gasteiger partial charge < -0.3 is 19.7 Å². The average Bonchev–Trinajstić information content (AvgIpc) is 3.32. The Labute approximate surface area is 165 Å². The Morgan fingerprint density at radius 3 is 2.54 bits per heavy atom. The Morgan fingerprint density at radius 2 is 1.86 bits per heavy atom. The monoisotopic (exact) mass is 393 g/mol. The highest BCUT2D eigenvalue weighted by molar-refractivity contribution is 6.09. The zero-order valence-electron chi connectivity index (χ0n) is 16.7. The summed E-state index contributed by atoms with van der Waals surface area (Å²) in [5.74, 6) is 0.181. The third-order valence-electron chi connectivity index (χ3n) is 6.91. The van der Waals surface area contributed by atoms with Crippen molar-refractivity contribution < 1.29 is 23.9 Å². The Hall–Kier alpha value is -1.67. The molecule has 3 heterocycles. The molecular formula is C20H31N3O5. The van der Waals surface area contributed by atoms with E-state index in [4.69, 9.17) is 9.47 Å². The number of nitrogens with one attached hydrogen (secondary N) is 1. The minimum atomic E-state index is -0.804. The number of urea groups is 1. The van der Waals surface area contributed by atoms with Gasteiger partial charge in [-0.25, -0.2) is 4.79 Å². The molecule has 1 unspecified atom stereocenters. The second-order valence-corrected chi connectivity index (χ2v) is 8.52. The molecule has 0 bridgehead atoms.